The second kappa shape index (κ2) is 4.57. The van der Waals surface area contributed by atoms with Gasteiger partial charge in [0.15, 0.2) is 0 Å². The average Bonchev–Trinajstić information content (AvgIpc) is 2.45. The molecule has 0 saturated carbocycles. The van der Waals surface area contributed by atoms with Crippen molar-refractivity contribution in [1.82, 2.24) is 4.98 Å². The number of nitrogens with zero attached hydrogens (tertiary/aromatic N) is 1. The molecule has 1 aromatic carbocycles. The molecule has 2 radical (unpaired) electrons. The van der Waals surface area contributed by atoms with Gasteiger partial charge in [0, 0.05) is 11.9 Å². The van der Waals surface area contributed by atoms with Crippen molar-refractivity contribution in [3.8, 4) is 0 Å². The molecule has 1 aliphatic heterocycles. The van der Waals surface area contributed by atoms with E-state index < -0.39 is 10.0 Å². The fourth-order valence-electron chi connectivity index (χ4n) is 2.54. The third-order valence-corrected chi connectivity index (χ3v) is 7.17. The van der Waals surface area contributed by atoms with Gasteiger partial charge in [-0.05, 0) is 40.5 Å². The van der Waals surface area contributed by atoms with E-state index in [0.29, 0.717) is 6.32 Å². The van der Waals surface area contributed by atoms with E-state index in [4.69, 9.17) is 7.85 Å². The maximum absolute atomic E-state index is 5.62. The van der Waals surface area contributed by atoms with E-state index in [2.05, 4.69) is 48.2 Å². The van der Waals surface area contributed by atoms with Gasteiger partial charge in [0.2, 0.25) is 0 Å². The van der Waals surface area contributed by atoms with Crippen LogP contribution in [0.4, 0.5) is 0 Å². The molecule has 2 aromatic rings. The van der Waals surface area contributed by atoms with Crippen molar-refractivity contribution in [2.24, 2.45) is 0 Å². The molecule has 1 nitrogen and oxygen atoms in total. The quantitative estimate of drug-likeness (QED) is 0.763. The van der Waals surface area contributed by atoms with Crippen LogP contribution >= 0.6 is 10.0 Å². The molecule has 0 bridgehead atoms. The first-order chi connectivity index (χ1) is 9.15. The first-order valence-electron chi connectivity index (χ1n) is 6.33. The van der Waals surface area contributed by atoms with Crippen LogP contribution in [0, 0.1) is 0 Å². The lowest BCUT2D eigenvalue weighted by molar-refractivity contribution is 0.986. The first-order valence-corrected chi connectivity index (χ1v) is 8.54. The first kappa shape index (κ1) is 12.6. The third kappa shape index (κ3) is 1.93. The third-order valence-electron chi connectivity index (χ3n) is 3.75. The molecule has 0 spiro atoms. The highest BCUT2D eigenvalue weighted by Gasteiger charge is 2.36. The van der Waals surface area contributed by atoms with Gasteiger partial charge in [0.1, 0.15) is 0 Å². The van der Waals surface area contributed by atoms with E-state index in [1.807, 2.05) is 12.3 Å². The fraction of sp³-hybridized carbons (Fsp3) is 0.188. The Bertz CT molecular complexity index is 635. The number of hydrogen-bond acceptors (Lipinski definition) is 1. The summed E-state index contributed by atoms with van der Waals surface area (Å²) in [6.45, 7) is 3.97. The Morgan fingerprint density at radius 2 is 2.05 bits per heavy atom. The summed E-state index contributed by atoms with van der Waals surface area (Å²) in [5.41, 5.74) is 3.52. The van der Waals surface area contributed by atoms with Crippen molar-refractivity contribution < 1.29 is 0 Å². The molecule has 0 aliphatic carbocycles. The molecule has 2 heterocycles. The highest BCUT2D eigenvalue weighted by Crippen LogP contribution is 2.69. The van der Waals surface area contributed by atoms with Crippen LogP contribution in [0.25, 0.3) is 5.57 Å². The van der Waals surface area contributed by atoms with Crippen LogP contribution in [0.2, 0.25) is 6.32 Å². The van der Waals surface area contributed by atoms with Crippen molar-refractivity contribution in [2.75, 3.05) is 6.26 Å². The maximum Gasteiger partial charge on any atom is 0.0870 e. The van der Waals surface area contributed by atoms with Crippen molar-refractivity contribution in [2.45, 2.75) is 22.0 Å². The summed E-state index contributed by atoms with van der Waals surface area (Å²) in [5.74, 6) is 1.15. The van der Waals surface area contributed by atoms with Gasteiger partial charge in [-0.25, -0.2) is 0 Å². The number of fused-ring (bicyclic) bond motifs is 1. The molecule has 19 heavy (non-hydrogen) atoms. The lowest BCUT2D eigenvalue weighted by Gasteiger charge is -2.45. The number of benzene rings is 1. The van der Waals surface area contributed by atoms with Crippen LogP contribution in [-0.2, 0) is 5.75 Å². The second-order valence-corrected chi connectivity index (χ2v) is 8.35. The Labute approximate surface area is 117 Å². The largest absolute Gasteiger partial charge is 0.251 e. The number of pyridine rings is 1. The highest BCUT2D eigenvalue weighted by atomic mass is 32.3. The van der Waals surface area contributed by atoms with Gasteiger partial charge in [0.25, 0.3) is 0 Å². The molecule has 0 amide bonds. The zero-order valence-corrected chi connectivity index (χ0v) is 11.9. The Balaban J connectivity index is 1.95. The second-order valence-electron chi connectivity index (χ2n) is 5.03. The topological polar surface area (TPSA) is 12.9 Å². The lowest BCUT2D eigenvalue weighted by atomic mass is 9.93. The molecule has 1 atom stereocenters. The van der Waals surface area contributed by atoms with E-state index >= 15 is 0 Å². The minimum atomic E-state index is -0.898. The Morgan fingerprint density at radius 1 is 1.32 bits per heavy atom. The Morgan fingerprint density at radius 3 is 2.68 bits per heavy atom. The normalized spacial score (nSPS) is 23.8. The van der Waals surface area contributed by atoms with Gasteiger partial charge in [-0.1, -0.05) is 36.7 Å². The number of rotatable bonds is 3. The zero-order valence-electron chi connectivity index (χ0n) is 11.1. The highest BCUT2D eigenvalue weighted by molar-refractivity contribution is 8.33. The zero-order chi connectivity index (χ0) is 13.5. The average molecular weight is 265 g/mol. The number of allylic oxidation sites excluding steroid dienone is 1. The number of aromatic nitrogens is 1. The van der Waals surface area contributed by atoms with E-state index in [0.717, 1.165) is 16.9 Å². The van der Waals surface area contributed by atoms with Gasteiger partial charge >= 0.3 is 0 Å². The van der Waals surface area contributed by atoms with Crippen molar-refractivity contribution in [3.63, 3.8) is 0 Å². The smallest absolute Gasteiger partial charge is 0.0870 e. The number of hydrogen-bond donors (Lipinski definition) is 0. The monoisotopic (exact) mass is 265 g/mol. The van der Waals surface area contributed by atoms with E-state index in [9.17, 15) is 0 Å². The van der Waals surface area contributed by atoms with Gasteiger partial charge in [0.05, 0.1) is 12.9 Å². The van der Waals surface area contributed by atoms with Crippen molar-refractivity contribution in [1.29, 1.82) is 0 Å². The minimum Gasteiger partial charge on any atom is -0.251 e. The van der Waals surface area contributed by atoms with Crippen LogP contribution in [0.5, 0.6) is 0 Å². The molecule has 3 rings (SSSR count). The summed E-state index contributed by atoms with van der Waals surface area (Å²) in [4.78, 5) is 5.96. The molecule has 1 unspecified atom stereocenters. The summed E-state index contributed by atoms with van der Waals surface area (Å²) >= 11 is 0. The van der Waals surface area contributed by atoms with Gasteiger partial charge < -0.3 is 0 Å². The molecule has 3 heteroatoms. The minimum absolute atomic E-state index is 0.508. The van der Waals surface area contributed by atoms with Crippen molar-refractivity contribution >= 4 is 23.4 Å². The predicted octanol–water partition coefficient (Wildman–Crippen LogP) is 4.05. The van der Waals surface area contributed by atoms with Crippen molar-refractivity contribution in [3.05, 3.63) is 60.3 Å². The van der Waals surface area contributed by atoms with Crippen LogP contribution < -0.4 is 0 Å². The van der Waals surface area contributed by atoms with E-state index in [-0.39, 0.29) is 0 Å². The molecule has 1 aliphatic rings. The molecule has 1 aromatic heterocycles. The van der Waals surface area contributed by atoms with Gasteiger partial charge in [-0.15, -0.1) is 0 Å². The molecular weight excluding hydrogens is 249 g/mol. The predicted molar refractivity (Wildman–Crippen MR) is 84.0 cm³/mol. The summed E-state index contributed by atoms with van der Waals surface area (Å²) in [5, 5.41) is 1.29. The van der Waals surface area contributed by atoms with Crippen LogP contribution in [0.3, 0.4) is 0 Å². The molecule has 94 valence electrons. The molecule has 0 saturated heterocycles. The van der Waals surface area contributed by atoms with Crippen LogP contribution in [0.1, 0.15) is 11.1 Å². The van der Waals surface area contributed by atoms with E-state index in [1.165, 1.54) is 15.5 Å². The summed E-state index contributed by atoms with van der Waals surface area (Å²) in [6, 6.07) is 12.9. The summed E-state index contributed by atoms with van der Waals surface area (Å²) in [7, 11) is 4.73. The summed E-state index contributed by atoms with van der Waals surface area (Å²) in [6.07, 6.45) is 4.75. The van der Waals surface area contributed by atoms with Gasteiger partial charge in [-0.3, -0.25) is 4.98 Å². The molecule has 0 N–H and O–H groups in total. The molecule has 0 fully saturated rings. The Kier molecular flexibility index (Phi) is 3.02. The summed E-state index contributed by atoms with van der Waals surface area (Å²) < 4.78 is 0. The Hall–Kier alpha value is -1.48. The van der Waals surface area contributed by atoms with Crippen LogP contribution in [-0.4, -0.2) is 19.1 Å². The fourth-order valence-corrected chi connectivity index (χ4v) is 5.43. The SMILES string of the molecule is [B]CC(=C)c1ccc(S2(C)Cc3cccnc32)cc1. The lowest BCUT2D eigenvalue weighted by Crippen LogP contribution is -2.17. The van der Waals surface area contributed by atoms with E-state index in [1.54, 1.807) is 0 Å². The molecular formula is C16H16BNS. The maximum atomic E-state index is 5.62. The van der Waals surface area contributed by atoms with Gasteiger partial charge in [-0.2, -0.15) is 10.0 Å². The standard InChI is InChI=1S/C16H16BNS/c1-12(10-17)13-5-7-15(8-6-13)19(2)11-14-4-3-9-18-16(14)19/h3-9H,1,10-11H2,2H3. The van der Waals surface area contributed by atoms with Crippen LogP contribution in [0.15, 0.2) is 59.1 Å².